The second-order valence-corrected chi connectivity index (χ2v) is 7.43. The van der Waals surface area contributed by atoms with Crippen LogP contribution in [0.4, 0.5) is 0 Å². The molecule has 0 spiro atoms. The van der Waals surface area contributed by atoms with Gasteiger partial charge in [-0.2, -0.15) is 5.10 Å². The number of methoxy groups -OCH3 is 1. The van der Waals surface area contributed by atoms with Crippen LogP contribution in [0, 0.1) is 0 Å². The number of hydrogen-bond acceptors (Lipinski definition) is 6. The van der Waals surface area contributed by atoms with Crippen LogP contribution in [-0.2, 0) is 6.54 Å². The largest absolute Gasteiger partial charge is 0.490 e. The number of rotatable bonds is 5. The quantitative estimate of drug-likeness (QED) is 0.681. The number of likely N-dealkylation sites (N-methyl/N-ethyl adjacent to an activating group) is 1. The summed E-state index contributed by atoms with van der Waals surface area (Å²) in [4.78, 5) is 31.4. The van der Waals surface area contributed by atoms with Gasteiger partial charge in [-0.15, -0.1) is 0 Å². The molecule has 1 aliphatic rings. The summed E-state index contributed by atoms with van der Waals surface area (Å²) in [5.74, 6) is 0.0721. The summed E-state index contributed by atoms with van der Waals surface area (Å²) in [6.07, 6.45) is 4.91. The fourth-order valence-corrected chi connectivity index (χ4v) is 4.02. The Morgan fingerprint density at radius 1 is 1.31 bits per heavy atom. The van der Waals surface area contributed by atoms with Crippen molar-refractivity contribution in [3.8, 4) is 11.4 Å². The molecule has 0 amide bonds. The summed E-state index contributed by atoms with van der Waals surface area (Å²) in [7, 11) is 1.40. The lowest BCUT2D eigenvalue weighted by Gasteiger charge is -2.39. The van der Waals surface area contributed by atoms with Gasteiger partial charge in [-0.1, -0.05) is 6.92 Å². The third-order valence-corrected chi connectivity index (χ3v) is 5.62. The van der Waals surface area contributed by atoms with Crippen molar-refractivity contribution in [2.75, 3.05) is 33.3 Å². The molecule has 9 heteroatoms. The highest BCUT2D eigenvalue weighted by atomic mass is 16.5. The average Bonchev–Trinajstić information content (AvgIpc) is 3.11. The Bertz CT molecular complexity index is 1130. The number of nitrogens with zero attached hydrogens (tertiary/aromatic N) is 5. The molecule has 3 aromatic heterocycles. The molecule has 1 fully saturated rings. The number of H-pyrrole nitrogens is 1. The van der Waals surface area contributed by atoms with E-state index in [0.29, 0.717) is 11.7 Å². The maximum Gasteiger partial charge on any atom is 0.333 e. The van der Waals surface area contributed by atoms with Gasteiger partial charge in [-0.25, -0.2) is 9.31 Å². The first-order valence-electron chi connectivity index (χ1n) is 9.83. The van der Waals surface area contributed by atoms with Crippen molar-refractivity contribution in [3.05, 3.63) is 57.1 Å². The molecule has 0 radical (unpaired) electrons. The van der Waals surface area contributed by atoms with Crippen molar-refractivity contribution in [2.24, 2.45) is 0 Å². The Kier molecular flexibility index (Phi) is 5.25. The summed E-state index contributed by atoms with van der Waals surface area (Å²) in [5, 5.41) is 4.34. The summed E-state index contributed by atoms with van der Waals surface area (Å²) < 4.78 is 8.14. The molecular formula is C20H26N6O3. The molecule has 29 heavy (non-hydrogen) atoms. The minimum absolute atomic E-state index is 0.0721. The van der Waals surface area contributed by atoms with E-state index in [9.17, 15) is 9.59 Å². The molecule has 3 aromatic rings. The van der Waals surface area contributed by atoms with E-state index in [1.807, 2.05) is 12.3 Å². The zero-order chi connectivity index (χ0) is 20.5. The van der Waals surface area contributed by atoms with E-state index >= 15 is 0 Å². The van der Waals surface area contributed by atoms with Crippen LogP contribution in [0.3, 0.4) is 0 Å². The molecule has 9 nitrogen and oxygen atoms in total. The predicted molar refractivity (Wildman–Crippen MR) is 110 cm³/mol. The van der Waals surface area contributed by atoms with Crippen LogP contribution >= 0.6 is 0 Å². The van der Waals surface area contributed by atoms with Gasteiger partial charge in [0.1, 0.15) is 0 Å². The summed E-state index contributed by atoms with van der Waals surface area (Å²) in [5.41, 5.74) is 1.46. The lowest BCUT2D eigenvalue weighted by atomic mass is 10.1. The van der Waals surface area contributed by atoms with E-state index in [1.54, 1.807) is 10.7 Å². The van der Waals surface area contributed by atoms with Crippen molar-refractivity contribution in [2.45, 2.75) is 26.4 Å². The number of fused-ring (bicyclic) bond motifs is 1. The van der Waals surface area contributed by atoms with Crippen molar-refractivity contribution >= 4 is 5.52 Å². The number of piperazine rings is 1. The minimum Gasteiger partial charge on any atom is -0.490 e. The smallest absolute Gasteiger partial charge is 0.333 e. The van der Waals surface area contributed by atoms with Gasteiger partial charge in [0.15, 0.2) is 0 Å². The number of pyridine rings is 1. The second kappa shape index (κ2) is 7.84. The van der Waals surface area contributed by atoms with Crippen LogP contribution in [0.25, 0.3) is 11.2 Å². The van der Waals surface area contributed by atoms with Gasteiger partial charge >= 0.3 is 5.69 Å². The maximum atomic E-state index is 12.3. The molecule has 0 bridgehead atoms. The Morgan fingerprint density at radius 3 is 2.86 bits per heavy atom. The van der Waals surface area contributed by atoms with Gasteiger partial charge in [0, 0.05) is 38.4 Å². The molecule has 0 unspecified atom stereocenters. The Hall–Kier alpha value is -2.91. The van der Waals surface area contributed by atoms with Gasteiger partial charge in [0.25, 0.3) is 5.56 Å². The Morgan fingerprint density at radius 2 is 2.14 bits per heavy atom. The highest BCUT2D eigenvalue weighted by molar-refractivity contribution is 5.64. The molecule has 4 rings (SSSR count). The van der Waals surface area contributed by atoms with Crippen LogP contribution in [0.5, 0.6) is 5.75 Å². The van der Waals surface area contributed by atoms with Crippen molar-refractivity contribution < 1.29 is 4.74 Å². The van der Waals surface area contributed by atoms with Gasteiger partial charge < -0.3 is 4.74 Å². The first-order chi connectivity index (χ1) is 14.0. The standard InChI is InChI=1S/C20H26N6O3/c1-4-24-8-7-23(11-14(24)2)12-15-5-6-26-16(9-15)17(10-21-26)25-13-18(29-3)19(27)22-20(25)28/h5-6,9-10,13-14H,4,7-8,11-12H2,1-3H3,(H,22,27,28)/t14-/m0/s1. The topological polar surface area (TPSA) is 87.9 Å². The third-order valence-electron chi connectivity index (χ3n) is 5.62. The summed E-state index contributed by atoms with van der Waals surface area (Å²) in [6, 6.07) is 4.63. The second-order valence-electron chi connectivity index (χ2n) is 7.43. The average molecular weight is 398 g/mol. The first kappa shape index (κ1) is 19.4. The molecule has 1 N–H and O–H groups in total. The van der Waals surface area contributed by atoms with E-state index < -0.39 is 11.2 Å². The van der Waals surface area contributed by atoms with Crippen molar-refractivity contribution in [1.29, 1.82) is 0 Å². The van der Waals surface area contributed by atoms with E-state index in [1.165, 1.54) is 17.9 Å². The van der Waals surface area contributed by atoms with Crippen LogP contribution in [0.15, 0.2) is 40.3 Å². The van der Waals surface area contributed by atoms with Crippen LogP contribution in [-0.4, -0.2) is 68.3 Å². The Balaban J connectivity index is 1.66. The SMILES string of the molecule is CCN1CCN(Cc2ccn3ncc(-n4cc(OC)c(=O)[nH]c4=O)c3c2)C[C@@H]1C. The number of ether oxygens (including phenoxy) is 1. The number of hydrogen-bond donors (Lipinski definition) is 1. The van der Waals surface area contributed by atoms with Crippen molar-refractivity contribution in [1.82, 2.24) is 29.0 Å². The van der Waals surface area contributed by atoms with Crippen LogP contribution < -0.4 is 16.0 Å². The maximum absolute atomic E-state index is 12.3. The highest BCUT2D eigenvalue weighted by Crippen LogP contribution is 2.19. The summed E-state index contributed by atoms with van der Waals surface area (Å²) >= 11 is 0. The highest BCUT2D eigenvalue weighted by Gasteiger charge is 2.22. The molecule has 0 aliphatic carbocycles. The third kappa shape index (κ3) is 3.70. The van der Waals surface area contributed by atoms with Gasteiger partial charge in [0.05, 0.1) is 30.7 Å². The monoisotopic (exact) mass is 398 g/mol. The van der Waals surface area contributed by atoms with Gasteiger partial charge in [0.2, 0.25) is 5.75 Å². The summed E-state index contributed by atoms with van der Waals surface area (Å²) in [6.45, 7) is 9.53. The van der Waals surface area contributed by atoms with Gasteiger partial charge in [-0.05, 0) is 31.2 Å². The lowest BCUT2D eigenvalue weighted by Crippen LogP contribution is -2.51. The zero-order valence-corrected chi connectivity index (χ0v) is 17.0. The normalized spacial score (nSPS) is 18.4. The Labute approximate surface area is 168 Å². The minimum atomic E-state index is -0.550. The fourth-order valence-electron chi connectivity index (χ4n) is 4.02. The molecular weight excluding hydrogens is 372 g/mol. The molecule has 0 saturated carbocycles. The van der Waals surface area contributed by atoms with E-state index in [-0.39, 0.29) is 5.75 Å². The van der Waals surface area contributed by atoms with Crippen LogP contribution in [0.2, 0.25) is 0 Å². The molecule has 1 atom stereocenters. The first-order valence-corrected chi connectivity index (χ1v) is 9.83. The van der Waals surface area contributed by atoms with Gasteiger partial charge in [-0.3, -0.25) is 24.1 Å². The van der Waals surface area contributed by atoms with E-state index in [2.05, 4.69) is 39.8 Å². The van der Waals surface area contributed by atoms with E-state index in [4.69, 9.17) is 4.74 Å². The fraction of sp³-hybridized carbons (Fsp3) is 0.450. The molecule has 4 heterocycles. The molecule has 0 aromatic carbocycles. The number of nitrogens with one attached hydrogen (secondary N) is 1. The molecule has 154 valence electrons. The van der Waals surface area contributed by atoms with Crippen molar-refractivity contribution in [3.63, 3.8) is 0 Å². The number of aromatic nitrogens is 4. The van der Waals surface area contributed by atoms with Crippen LogP contribution in [0.1, 0.15) is 19.4 Å². The molecule has 1 saturated heterocycles. The lowest BCUT2D eigenvalue weighted by molar-refractivity contribution is 0.0834. The molecule has 1 aliphatic heterocycles. The zero-order valence-electron chi connectivity index (χ0n) is 17.0. The predicted octanol–water partition coefficient (Wildman–Crippen LogP) is 0.708. The van der Waals surface area contributed by atoms with E-state index in [0.717, 1.165) is 43.8 Å². The number of aromatic amines is 1.